The number of ether oxygens (including phenoxy) is 2. The zero-order chi connectivity index (χ0) is 21.6. The Morgan fingerprint density at radius 2 is 2.00 bits per heavy atom. The van der Waals surface area contributed by atoms with Crippen molar-refractivity contribution in [2.45, 2.75) is 38.5 Å². The normalized spacial score (nSPS) is 11.0. The van der Waals surface area contributed by atoms with Gasteiger partial charge in [0.2, 0.25) is 0 Å². The van der Waals surface area contributed by atoms with Crippen LogP contribution in [0.2, 0.25) is 0 Å². The van der Waals surface area contributed by atoms with Crippen LogP contribution < -0.4 is 10.6 Å². The fourth-order valence-corrected chi connectivity index (χ4v) is 2.51. The Labute approximate surface area is 172 Å². The molecule has 10 heteroatoms. The Morgan fingerprint density at radius 3 is 2.62 bits per heavy atom. The lowest BCUT2D eigenvalue weighted by atomic mass is 10.2. The summed E-state index contributed by atoms with van der Waals surface area (Å²) in [5, 5.41) is 5.71. The third-order valence-electron chi connectivity index (χ3n) is 3.31. The molecule has 0 fully saturated rings. The maximum absolute atomic E-state index is 14.4. The summed E-state index contributed by atoms with van der Waals surface area (Å²) in [6, 6.07) is 3.94. The molecule has 8 nitrogen and oxygen atoms in total. The quantitative estimate of drug-likeness (QED) is 0.395. The van der Waals surface area contributed by atoms with E-state index < -0.39 is 23.5 Å². The number of benzene rings is 1. The molecule has 0 aliphatic heterocycles. The first-order valence-corrected chi connectivity index (χ1v) is 10.00. The van der Waals surface area contributed by atoms with Crippen LogP contribution >= 0.6 is 11.8 Å². The molecule has 0 saturated heterocycles. The molecule has 0 unspecified atom stereocenters. The van der Waals surface area contributed by atoms with E-state index >= 15 is 0 Å². The summed E-state index contributed by atoms with van der Waals surface area (Å²) in [5.74, 6) is -1.14. The number of carbonyl (C=O) groups is 2. The summed E-state index contributed by atoms with van der Waals surface area (Å²) in [5.41, 5.74) is -0.293. The number of anilines is 3. The van der Waals surface area contributed by atoms with E-state index in [1.165, 1.54) is 36.2 Å². The van der Waals surface area contributed by atoms with Gasteiger partial charge in [-0.1, -0.05) is 11.8 Å². The SMILES string of the molecule is CCOC(=O)c1cnc(SC)nc1Nc1cc(NC(=O)OC(C)(C)C)ccc1F. The summed E-state index contributed by atoms with van der Waals surface area (Å²) in [4.78, 5) is 32.4. The van der Waals surface area contributed by atoms with Gasteiger partial charge in [0.05, 0.1) is 12.3 Å². The molecule has 0 radical (unpaired) electrons. The van der Waals surface area contributed by atoms with E-state index in [0.29, 0.717) is 10.8 Å². The Morgan fingerprint density at radius 1 is 1.28 bits per heavy atom. The molecule has 0 aliphatic carbocycles. The lowest BCUT2D eigenvalue weighted by Crippen LogP contribution is -2.27. The highest BCUT2D eigenvalue weighted by molar-refractivity contribution is 7.98. The number of hydrogen-bond acceptors (Lipinski definition) is 8. The third-order valence-corrected chi connectivity index (χ3v) is 3.87. The number of carbonyl (C=O) groups excluding carboxylic acids is 2. The van der Waals surface area contributed by atoms with E-state index in [0.717, 1.165) is 0 Å². The zero-order valence-corrected chi connectivity index (χ0v) is 17.6. The van der Waals surface area contributed by atoms with E-state index in [1.807, 2.05) is 0 Å². The van der Waals surface area contributed by atoms with Crippen molar-refractivity contribution in [3.63, 3.8) is 0 Å². The number of esters is 1. The first-order valence-electron chi connectivity index (χ1n) is 8.77. The largest absolute Gasteiger partial charge is 0.462 e. The van der Waals surface area contributed by atoms with Gasteiger partial charge in [-0.05, 0) is 52.1 Å². The van der Waals surface area contributed by atoms with Crippen molar-refractivity contribution >= 4 is 41.0 Å². The van der Waals surface area contributed by atoms with E-state index in [4.69, 9.17) is 9.47 Å². The van der Waals surface area contributed by atoms with Gasteiger partial charge in [0.25, 0.3) is 0 Å². The molecule has 0 bridgehead atoms. The molecule has 2 N–H and O–H groups in total. The first kappa shape index (κ1) is 22.4. The van der Waals surface area contributed by atoms with Crippen LogP contribution in [-0.2, 0) is 9.47 Å². The van der Waals surface area contributed by atoms with Gasteiger partial charge in [0.1, 0.15) is 22.8 Å². The van der Waals surface area contributed by atoms with Crippen molar-refractivity contribution in [2.24, 2.45) is 0 Å². The van der Waals surface area contributed by atoms with Crippen LogP contribution in [0.1, 0.15) is 38.1 Å². The van der Waals surface area contributed by atoms with Crippen LogP contribution in [0.3, 0.4) is 0 Å². The van der Waals surface area contributed by atoms with E-state index in [1.54, 1.807) is 34.0 Å². The molecule has 156 valence electrons. The highest BCUT2D eigenvalue weighted by Gasteiger charge is 2.19. The molecule has 0 aliphatic rings. The van der Waals surface area contributed by atoms with Gasteiger partial charge < -0.3 is 14.8 Å². The lowest BCUT2D eigenvalue weighted by Gasteiger charge is -2.20. The molecule has 1 aromatic heterocycles. The summed E-state index contributed by atoms with van der Waals surface area (Å²) >= 11 is 1.27. The number of hydrogen-bond donors (Lipinski definition) is 2. The lowest BCUT2D eigenvalue weighted by molar-refractivity contribution is 0.0525. The number of halogens is 1. The molecule has 2 aromatic rings. The van der Waals surface area contributed by atoms with Crippen molar-refractivity contribution < 1.29 is 23.5 Å². The van der Waals surface area contributed by atoms with Gasteiger partial charge in [-0.15, -0.1) is 0 Å². The van der Waals surface area contributed by atoms with Crippen LogP contribution in [0.5, 0.6) is 0 Å². The highest BCUT2D eigenvalue weighted by atomic mass is 32.2. The van der Waals surface area contributed by atoms with Gasteiger partial charge >= 0.3 is 12.1 Å². The number of aromatic nitrogens is 2. The van der Waals surface area contributed by atoms with Crippen LogP contribution in [0.25, 0.3) is 0 Å². The standard InChI is InChI=1S/C19H23FN4O4S/c1-6-27-16(25)12-10-21-17(29-5)24-15(12)23-14-9-11(7-8-13(14)20)22-18(26)28-19(2,3)4/h7-10H,6H2,1-5H3,(H,22,26)(H,21,23,24). The van der Waals surface area contributed by atoms with Gasteiger partial charge in [-0.2, -0.15) is 0 Å². The monoisotopic (exact) mass is 422 g/mol. The summed E-state index contributed by atoms with van der Waals surface area (Å²) in [6.07, 6.45) is 2.42. The van der Waals surface area contributed by atoms with Crippen LogP contribution in [0, 0.1) is 5.82 Å². The van der Waals surface area contributed by atoms with E-state index in [-0.39, 0.29) is 23.7 Å². The molecule has 0 atom stereocenters. The average Bonchev–Trinajstić information content (AvgIpc) is 2.63. The smallest absolute Gasteiger partial charge is 0.412 e. The number of nitrogens with one attached hydrogen (secondary N) is 2. The van der Waals surface area contributed by atoms with Crippen molar-refractivity contribution in [2.75, 3.05) is 23.5 Å². The van der Waals surface area contributed by atoms with Crippen LogP contribution in [-0.4, -0.2) is 40.5 Å². The summed E-state index contributed by atoms with van der Waals surface area (Å²) in [6.45, 7) is 7.05. The second kappa shape index (κ2) is 9.55. The zero-order valence-electron chi connectivity index (χ0n) is 16.8. The first-order chi connectivity index (χ1) is 13.6. The molecule has 0 spiro atoms. The third kappa shape index (κ3) is 6.60. The number of rotatable bonds is 6. The fourth-order valence-electron chi connectivity index (χ4n) is 2.17. The van der Waals surface area contributed by atoms with Gasteiger partial charge in [0, 0.05) is 11.9 Å². The molecule has 1 heterocycles. The van der Waals surface area contributed by atoms with Gasteiger partial charge in [-0.3, -0.25) is 5.32 Å². The Bertz CT molecular complexity index is 902. The predicted molar refractivity (Wildman–Crippen MR) is 109 cm³/mol. The second-order valence-corrected chi connectivity index (χ2v) is 7.56. The topological polar surface area (TPSA) is 102 Å². The maximum Gasteiger partial charge on any atom is 0.412 e. The molecule has 0 saturated carbocycles. The molecular weight excluding hydrogens is 399 g/mol. The maximum atomic E-state index is 14.4. The van der Waals surface area contributed by atoms with Crippen LogP contribution in [0.15, 0.2) is 29.6 Å². The minimum Gasteiger partial charge on any atom is -0.462 e. The van der Waals surface area contributed by atoms with Crippen molar-refractivity contribution in [1.82, 2.24) is 9.97 Å². The van der Waals surface area contributed by atoms with Gasteiger partial charge in [0.15, 0.2) is 5.16 Å². The number of amides is 1. The Kier molecular flexibility index (Phi) is 7.38. The van der Waals surface area contributed by atoms with Crippen molar-refractivity contribution in [1.29, 1.82) is 0 Å². The number of nitrogens with zero attached hydrogens (tertiary/aromatic N) is 2. The van der Waals surface area contributed by atoms with E-state index in [9.17, 15) is 14.0 Å². The van der Waals surface area contributed by atoms with Crippen molar-refractivity contribution in [3.8, 4) is 0 Å². The van der Waals surface area contributed by atoms with Crippen LogP contribution in [0.4, 0.5) is 26.4 Å². The molecule has 1 aromatic carbocycles. The summed E-state index contributed by atoms with van der Waals surface area (Å²) < 4.78 is 24.5. The average molecular weight is 422 g/mol. The molecule has 2 rings (SSSR count). The van der Waals surface area contributed by atoms with E-state index in [2.05, 4.69) is 20.6 Å². The fraction of sp³-hybridized carbons (Fsp3) is 0.368. The summed E-state index contributed by atoms with van der Waals surface area (Å²) in [7, 11) is 0. The van der Waals surface area contributed by atoms with Gasteiger partial charge in [-0.25, -0.2) is 23.9 Å². The Hall–Kier alpha value is -2.88. The highest BCUT2D eigenvalue weighted by Crippen LogP contribution is 2.26. The molecule has 29 heavy (non-hydrogen) atoms. The number of thioether (sulfide) groups is 1. The minimum atomic E-state index is -0.672. The molecule has 1 amide bonds. The second-order valence-electron chi connectivity index (χ2n) is 6.79. The molecular formula is C19H23FN4O4S. The predicted octanol–water partition coefficient (Wildman–Crippen LogP) is 4.60. The minimum absolute atomic E-state index is 0.00913. The van der Waals surface area contributed by atoms with Crippen molar-refractivity contribution in [3.05, 3.63) is 35.8 Å². The Balaban J connectivity index is 2.31.